The zero-order valence-corrected chi connectivity index (χ0v) is 9.94. The SMILES string of the molecule is O=C(O)c1ccc2[nH]c3c(c2c1)CC(CO)CC3. The quantitative estimate of drug-likeness (QED) is 0.757. The highest BCUT2D eigenvalue weighted by Gasteiger charge is 2.22. The Morgan fingerprint density at radius 3 is 3.00 bits per heavy atom. The van der Waals surface area contributed by atoms with E-state index in [4.69, 9.17) is 5.11 Å². The Bertz CT molecular complexity index is 615. The molecule has 3 rings (SSSR count). The maximum atomic E-state index is 11.0. The Balaban J connectivity index is 2.14. The van der Waals surface area contributed by atoms with Crippen molar-refractivity contribution in [2.75, 3.05) is 6.61 Å². The van der Waals surface area contributed by atoms with Crippen molar-refractivity contribution in [3.63, 3.8) is 0 Å². The molecule has 0 saturated carbocycles. The van der Waals surface area contributed by atoms with E-state index in [1.807, 2.05) is 6.07 Å². The Morgan fingerprint density at radius 1 is 1.44 bits per heavy atom. The second kappa shape index (κ2) is 4.14. The van der Waals surface area contributed by atoms with E-state index in [2.05, 4.69) is 4.98 Å². The molecule has 0 radical (unpaired) electrons. The molecule has 2 aromatic rings. The number of nitrogens with one attached hydrogen (secondary N) is 1. The molecule has 1 aromatic heterocycles. The molecule has 1 heterocycles. The molecule has 1 atom stereocenters. The molecule has 1 aliphatic rings. The van der Waals surface area contributed by atoms with Crippen LogP contribution in [-0.4, -0.2) is 27.8 Å². The molecule has 1 aromatic carbocycles. The highest BCUT2D eigenvalue weighted by molar-refractivity contribution is 5.95. The normalized spacial score (nSPS) is 18.8. The summed E-state index contributed by atoms with van der Waals surface area (Å²) in [4.78, 5) is 14.4. The first-order chi connectivity index (χ1) is 8.69. The van der Waals surface area contributed by atoms with Crippen LogP contribution in [0.2, 0.25) is 0 Å². The van der Waals surface area contributed by atoms with Crippen molar-refractivity contribution in [1.29, 1.82) is 0 Å². The van der Waals surface area contributed by atoms with Crippen LogP contribution in [-0.2, 0) is 12.8 Å². The predicted molar refractivity (Wildman–Crippen MR) is 67.9 cm³/mol. The molecule has 1 aliphatic carbocycles. The van der Waals surface area contributed by atoms with Gasteiger partial charge in [0.2, 0.25) is 0 Å². The Morgan fingerprint density at radius 2 is 2.28 bits per heavy atom. The van der Waals surface area contributed by atoms with Crippen LogP contribution in [0, 0.1) is 5.92 Å². The Hall–Kier alpha value is -1.81. The van der Waals surface area contributed by atoms with E-state index >= 15 is 0 Å². The lowest BCUT2D eigenvalue weighted by atomic mass is 9.87. The van der Waals surface area contributed by atoms with E-state index in [-0.39, 0.29) is 6.61 Å². The summed E-state index contributed by atoms with van der Waals surface area (Å²) in [5.74, 6) is -0.605. The van der Waals surface area contributed by atoms with Gasteiger partial charge in [0, 0.05) is 23.2 Å². The molecule has 0 fully saturated rings. The van der Waals surface area contributed by atoms with Gasteiger partial charge in [-0.3, -0.25) is 0 Å². The van der Waals surface area contributed by atoms with Crippen LogP contribution in [0.5, 0.6) is 0 Å². The van der Waals surface area contributed by atoms with Gasteiger partial charge >= 0.3 is 5.97 Å². The third kappa shape index (κ3) is 1.69. The molecule has 94 valence electrons. The number of H-pyrrole nitrogens is 1. The molecule has 3 N–H and O–H groups in total. The molecule has 0 amide bonds. The monoisotopic (exact) mass is 245 g/mol. The number of hydrogen-bond acceptors (Lipinski definition) is 2. The number of carbonyl (C=O) groups is 1. The number of carboxylic acid groups (broad SMARTS) is 1. The first-order valence-corrected chi connectivity index (χ1v) is 6.16. The minimum absolute atomic E-state index is 0.199. The number of aliphatic hydroxyl groups excluding tert-OH is 1. The number of aliphatic hydroxyl groups is 1. The van der Waals surface area contributed by atoms with Crippen LogP contribution < -0.4 is 0 Å². The summed E-state index contributed by atoms with van der Waals surface area (Å²) in [7, 11) is 0. The number of benzene rings is 1. The van der Waals surface area contributed by atoms with E-state index < -0.39 is 5.97 Å². The van der Waals surface area contributed by atoms with Crippen molar-refractivity contribution < 1.29 is 15.0 Å². The predicted octanol–water partition coefficient (Wildman–Crippen LogP) is 1.96. The van der Waals surface area contributed by atoms with Crippen LogP contribution >= 0.6 is 0 Å². The number of hydrogen-bond donors (Lipinski definition) is 3. The Labute approximate surface area is 104 Å². The van der Waals surface area contributed by atoms with E-state index in [9.17, 15) is 9.90 Å². The number of rotatable bonds is 2. The van der Waals surface area contributed by atoms with Crippen LogP contribution in [0.25, 0.3) is 10.9 Å². The van der Waals surface area contributed by atoms with Crippen molar-refractivity contribution in [2.45, 2.75) is 19.3 Å². The van der Waals surface area contributed by atoms with E-state index in [1.165, 1.54) is 11.3 Å². The van der Waals surface area contributed by atoms with Crippen LogP contribution in [0.4, 0.5) is 0 Å². The number of aromatic carboxylic acids is 1. The van der Waals surface area contributed by atoms with E-state index in [1.54, 1.807) is 12.1 Å². The second-order valence-corrected chi connectivity index (χ2v) is 4.94. The van der Waals surface area contributed by atoms with Crippen molar-refractivity contribution in [3.8, 4) is 0 Å². The van der Waals surface area contributed by atoms with E-state index in [0.717, 1.165) is 30.2 Å². The van der Waals surface area contributed by atoms with Crippen molar-refractivity contribution in [3.05, 3.63) is 35.0 Å². The van der Waals surface area contributed by atoms with Crippen LogP contribution in [0.3, 0.4) is 0 Å². The summed E-state index contributed by atoms with van der Waals surface area (Å²) in [6.45, 7) is 0.199. The molecule has 0 saturated heterocycles. The van der Waals surface area contributed by atoms with Crippen LogP contribution in [0.1, 0.15) is 28.0 Å². The van der Waals surface area contributed by atoms with Crippen molar-refractivity contribution >= 4 is 16.9 Å². The third-order valence-corrected chi connectivity index (χ3v) is 3.80. The van der Waals surface area contributed by atoms with Gasteiger partial charge in [-0.15, -0.1) is 0 Å². The number of carboxylic acids is 1. The molecule has 0 spiro atoms. The first kappa shape index (κ1) is 11.3. The third-order valence-electron chi connectivity index (χ3n) is 3.80. The highest BCUT2D eigenvalue weighted by Crippen LogP contribution is 2.32. The number of fused-ring (bicyclic) bond motifs is 3. The lowest BCUT2D eigenvalue weighted by Crippen LogP contribution is -2.16. The van der Waals surface area contributed by atoms with Gasteiger partial charge in [-0.2, -0.15) is 0 Å². The lowest BCUT2D eigenvalue weighted by Gasteiger charge is -2.20. The molecule has 4 nitrogen and oxygen atoms in total. The average molecular weight is 245 g/mol. The van der Waals surface area contributed by atoms with Gasteiger partial charge in [0.05, 0.1) is 5.56 Å². The fourth-order valence-electron chi connectivity index (χ4n) is 2.78. The van der Waals surface area contributed by atoms with Gasteiger partial charge in [0.15, 0.2) is 0 Å². The number of aromatic amines is 1. The van der Waals surface area contributed by atoms with Gasteiger partial charge in [0.25, 0.3) is 0 Å². The zero-order chi connectivity index (χ0) is 12.7. The zero-order valence-electron chi connectivity index (χ0n) is 9.94. The maximum Gasteiger partial charge on any atom is 0.335 e. The smallest absolute Gasteiger partial charge is 0.335 e. The first-order valence-electron chi connectivity index (χ1n) is 6.16. The van der Waals surface area contributed by atoms with E-state index in [0.29, 0.717) is 11.5 Å². The lowest BCUT2D eigenvalue weighted by molar-refractivity contribution is 0.0697. The molecular formula is C14H15NO3. The molecule has 1 unspecified atom stereocenters. The summed E-state index contributed by atoms with van der Waals surface area (Å²) >= 11 is 0. The van der Waals surface area contributed by atoms with Crippen molar-refractivity contribution in [2.24, 2.45) is 5.92 Å². The summed E-state index contributed by atoms with van der Waals surface area (Å²) in [5, 5.41) is 19.3. The summed E-state index contributed by atoms with van der Waals surface area (Å²) in [5.41, 5.74) is 3.68. The topological polar surface area (TPSA) is 73.3 Å². The minimum atomic E-state index is -0.902. The molecule has 4 heteroatoms. The van der Waals surface area contributed by atoms with Gasteiger partial charge in [0.1, 0.15) is 0 Å². The number of aromatic nitrogens is 1. The molecule has 0 aliphatic heterocycles. The minimum Gasteiger partial charge on any atom is -0.478 e. The Kier molecular flexibility index (Phi) is 2.59. The summed E-state index contributed by atoms with van der Waals surface area (Å²) in [6.07, 6.45) is 2.74. The number of aryl methyl sites for hydroxylation is 1. The standard InChI is InChI=1S/C14H15NO3/c16-7-8-1-3-12-10(5-8)11-6-9(14(17)18)2-4-13(11)15-12/h2,4,6,8,15-16H,1,3,5,7H2,(H,17,18). The second-order valence-electron chi connectivity index (χ2n) is 4.94. The average Bonchev–Trinajstić information content (AvgIpc) is 2.75. The van der Waals surface area contributed by atoms with Gasteiger partial charge in [-0.05, 0) is 48.9 Å². The van der Waals surface area contributed by atoms with Gasteiger partial charge in [-0.1, -0.05) is 0 Å². The summed E-state index contributed by atoms with van der Waals surface area (Å²) < 4.78 is 0. The van der Waals surface area contributed by atoms with Gasteiger partial charge < -0.3 is 15.2 Å². The summed E-state index contributed by atoms with van der Waals surface area (Å²) in [6, 6.07) is 5.17. The fourth-order valence-corrected chi connectivity index (χ4v) is 2.78. The fraction of sp³-hybridized carbons (Fsp3) is 0.357. The van der Waals surface area contributed by atoms with Crippen molar-refractivity contribution in [1.82, 2.24) is 4.98 Å². The molecule has 0 bridgehead atoms. The largest absolute Gasteiger partial charge is 0.478 e. The molecular weight excluding hydrogens is 230 g/mol. The highest BCUT2D eigenvalue weighted by atomic mass is 16.4. The van der Waals surface area contributed by atoms with Gasteiger partial charge in [-0.25, -0.2) is 4.79 Å². The maximum absolute atomic E-state index is 11.0. The molecule has 18 heavy (non-hydrogen) atoms. The van der Waals surface area contributed by atoms with Crippen LogP contribution in [0.15, 0.2) is 18.2 Å².